The number of fused-ring (bicyclic) bond motifs is 1. The molecule has 0 saturated carbocycles. The molecule has 1 amide bonds. The van der Waals surface area contributed by atoms with E-state index in [1.54, 1.807) is 30.3 Å². The molecule has 1 aliphatic rings. The highest BCUT2D eigenvalue weighted by Gasteiger charge is 2.33. The number of benzene rings is 2. The van der Waals surface area contributed by atoms with E-state index in [-0.39, 0.29) is 18.3 Å². The van der Waals surface area contributed by atoms with Crippen LogP contribution in [0.25, 0.3) is 10.9 Å². The van der Waals surface area contributed by atoms with Gasteiger partial charge in [0.15, 0.2) is 0 Å². The van der Waals surface area contributed by atoms with Crippen LogP contribution in [0.2, 0.25) is 0 Å². The Labute approximate surface area is 199 Å². The fourth-order valence-electron chi connectivity index (χ4n) is 4.38. The topological polar surface area (TPSA) is 100 Å². The summed E-state index contributed by atoms with van der Waals surface area (Å²) < 4.78 is 33.7. The van der Waals surface area contributed by atoms with Gasteiger partial charge in [0.25, 0.3) is 0 Å². The number of aryl methyl sites for hydroxylation is 1. The van der Waals surface area contributed by atoms with Gasteiger partial charge in [-0.3, -0.25) is 15.0 Å². The number of piperidine rings is 1. The normalized spacial score (nSPS) is 16.4. The zero-order valence-corrected chi connectivity index (χ0v) is 19.9. The molecule has 8 nitrogen and oxygen atoms in total. The molecule has 0 radical (unpaired) electrons. The fourth-order valence-corrected chi connectivity index (χ4v) is 6.10. The molecule has 2 heterocycles. The number of aromatic nitrogens is 1. The van der Waals surface area contributed by atoms with Gasteiger partial charge in [0, 0.05) is 24.2 Å². The summed E-state index contributed by atoms with van der Waals surface area (Å²) in [6.45, 7) is 3.06. The molecule has 3 aromatic rings. The Hall–Kier alpha value is -2.85. The minimum atomic E-state index is -3.70. The predicted octanol–water partition coefficient (Wildman–Crippen LogP) is 3.44. The van der Waals surface area contributed by atoms with Crippen molar-refractivity contribution in [1.82, 2.24) is 14.4 Å². The van der Waals surface area contributed by atoms with Crippen LogP contribution in [0.4, 0.5) is 0 Å². The van der Waals surface area contributed by atoms with Crippen LogP contribution in [0.15, 0.2) is 60.7 Å². The Morgan fingerprint density at radius 2 is 1.82 bits per heavy atom. The molecule has 0 bridgehead atoms. The van der Waals surface area contributed by atoms with E-state index >= 15 is 0 Å². The minimum absolute atomic E-state index is 0.0482. The van der Waals surface area contributed by atoms with E-state index in [1.165, 1.54) is 4.31 Å². The molecule has 1 unspecified atom stereocenters. The van der Waals surface area contributed by atoms with E-state index in [4.69, 9.17) is 4.74 Å². The first-order valence-electron chi connectivity index (χ1n) is 11.3. The number of hydrogen-bond acceptors (Lipinski definition) is 6. The third kappa shape index (κ3) is 5.61. The van der Waals surface area contributed by atoms with Crippen molar-refractivity contribution in [3.05, 3.63) is 77.5 Å². The largest absolute Gasteiger partial charge is 0.373 e. The third-order valence-electron chi connectivity index (χ3n) is 6.18. The number of pyridine rings is 1. The van der Waals surface area contributed by atoms with Gasteiger partial charge in [-0.1, -0.05) is 48.5 Å². The molecule has 34 heavy (non-hydrogen) atoms. The lowest BCUT2D eigenvalue weighted by molar-refractivity contribution is -0.159. The Kier molecular flexibility index (Phi) is 7.57. The van der Waals surface area contributed by atoms with Crippen LogP contribution < -0.4 is 0 Å². The second-order valence-electron chi connectivity index (χ2n) is 8.54. The van der Waals surface area contributed by atoms with Gasteiger partial charge in [0.05, 0.1) is 30.0 Å². The number of nitrogens with zero attached hydrogens (tertiary/aromatic N) is 3. The molecular formula is C25H29N3O5S. The molecule has 9 heteroatoms. The van der Waals surface area contributed by atoms with Gasteiger partial charge in [-0.2, -0.15) is 0 Å². The van der Waals surface area contributed by atoms with Crippen LogP contribution in [-0.2, 0) is 26.2 Å². The van der Waals surface area contributed by atoms with Crippen LogP contribution in [0.5, 0.6) is 0 Å². The lowest BCUT2D eigenvalue weighted by Crippen LogP contribution is -2.44. The minimum Gasteiger partial charge on any atom is -0.373 e. The van der Waals surface area contributed by atoms with Crippen molar-refractivity contribution in [2.24, 2.45) is 0 Å². The van der Waals surface area contributed by atoms with Gasteiger partial charge >= 0.3 is 0 Å². The maximum atomic E-state index is 13.1. The van der Waals surface area contributed by atoms with E-state index in [9.17, 15) is 18.4 Å². The lowest BCUT2D eigenvalue weighted by Gasteiger charge is -2.33. The molecule has 1 fully saturated rings. The highest BCUT2D eigenvalue weighted by molar-refractivity contribution is 7.89. The summed E-state index contributed by atoms with van der Waals surface area (Å²) in [5, 5.41) is 11.5. The van der Waals surface area contributed by atoms with Gasteiger partial charge in [0.2, 0.25) is 16.4 Å². The second kappa shape index (κ2) is 10.6. The smallest absolute Gasteiger partial charge is 0.233 e. The quantitative estimate of drug-likeness (QED) is 0.284. The van der Waals surface area contributed by atoms with E-state index in [1.807, 2.05) is 37.3 Å². The highest BCUT2D eigenvalue weighted by atomic mass is 32.2. The number of hydroxylamine groups is 2. The maximum absolute atomic E-state index is 13.1. The Morgan fingerprint density at radius 3 is 2.53 bits per heavy atom. The third-order valence-corrected chi connectivity index (χ3v) is 8.07. The van der Waals surface area contributed by atoms with Crippen LogP contribution in [-0.4, -0.2) is 59.3 Å². The Morgan fingerprint density at radius 1 is 1.15 bits per heavy atom. The average molecular weight is 484 g/mol. The molecule has 0 aliphatic carbocycles. The summed E-state index contributed by atoms with van der Waals surface area (Å²) >= 11 is 0. The number of para-hydroxylation sites is 1. The summed E-state index contributed by atoms with van der Waals surface area (Å²) in [7, 11) is -3.70. The number of carbonyl (C=O) groups excluding carboxylic acids is 1. The monoisotopic (exact) mass is 483 g/mol. The summed E-state index contributed by atoms with van der Waals surface area (Å²) in [5.41, 5.74) is 3.49. The van der Waals surface area contributed by atoms with Crippen molar-refractivity contribution in [3.8, 4) is 0 Å². The van der Waals surface area contributed by atoms with Crippen molar-refractivity contribution >= 4 is 27.3 Å². The Bertz CT molecular complexity index is 1230. The van der Waals surface area contributed by atoms with Crippen LogP contribution in [0.1, 0.15) is 35.7 Å². The number of amides is 1. The van der Waals surface area contributed by atoms with Crippen molar-refractivity contribution in [2.75, 3.05) is 18.8 Å². The van der Waals surface area contributed by atoms with E-state index in [0.29, 0.717) is 43.2 Å². The summed E-state index contributed by atoms with van der Waals surface area (Å²) in [5.74, 6) is -0.389. The Balaban J connectivity index is 1.37. The van der Waals surface area contributed by atoms with Crippen molar-refractivity contribution in [3.63, 3.8) is 0 Å². The van der Waals surface area contributed by atoms with Gasteiger partial charge in [-0.25, -0.2) is 17.8 Å². The summed E-state index contributed by atoms with van der Waals surface area (Å²) in [4.78, 5) is 15.7. The standard InChI is InChI=1S/C25H29N3O5S/c1-19-15-21(23-9-5-6-10-24(23)26-19)16-33-22-11-13-27(14-12-22)34(31,32)17-25(28(30)18-29)20-7-3-2-4-8-20/h2-10,15,18,22,25,30H,11-14,16-17H2,1H3. The molecule has 2 aromatic carbocycles. The van der Waals surface area contributed by atoms with Gasteiger partial charge < -0.3 is 4.74 Å². The van der Waals surface area contributed by atoms with E-state index < -0.39 is 16.1 Å². The SMILES string of the molecule is Cc1cc(COC2CCN(S(=O)(=O)CC(c3ccccc3)N(O)C=O)CC2)c2ccccc2n1. The molecule has 1 atom stereocenters. The van der Waals surface area contributed by atoms with E-state index in [0.717, 1.165) is 22.2 Å². The first-order chi connectivity index (χ1) is 16.4. The van der Waals surface area contributed by atoms with Crippen molar-refractivity contribution < 1.29 is 23.2 Å². The van der Waals surface area contributed by atoms with E-state index in [2.05, 4.69) is 4.98 Å². The predicted molar refractivity (Wildman–Crippen MR) is 129 cm³/mol. The zero-order valence-electron chi connectivity index (χ0n) is 19.1. The average Bonchev–Trinajstić information content (AvgIpc) is 2.86. The van der Waals surface area contributed by atoms with Gasteiger partial charge in [0.1, 0.15) is 0 Å². The summed E-state index contributed by atoms with van der Waals surface area (Å²) in [6, 6.07) is 17.7. The number of hydrogen-bond donors (Lipinski definition) is 1. The fraction of sp³-hybridized carbons (Fsp3) is 0.360. The first kappa shape index (κ1) is 24.3. The number of sulfonamides is 1. The van der Waals surface area contributed by atoms with Crippen LogP contribution >= 0.6 is 0 Å². The second-order valence-corrected chi connectivity index (χ2v) is 10.6. The van der Waals surface area contributed by atoms with Crippen molar-refractivity contribution in [1.29, 1.82) is 0 Å². The first-order valence-corrected chi connectivity index (χ1v) is 12.9. The molecule has 1 aromatic heterocycles. The van der Waals surface area contributed by atoms with Crippen molar-refractivity contribution in [2.45, 2.75) is 38.5 Å². The molecule has 1 N–H and O–H groups in total. The molecule has 4 rings (SSSR count). The number of ether oxygens (including phenoxy) is 1. The van der Waals surface area contributed by atoms with Crippen LogP contribution in [0.3, 0.4) is 0 Å². The van der Waals surface area contributed by atoms with Gasteiger partial charge in [-0.15, -0.1) is 0 Å². The number of rotatable bonds is 9. The van der Waals surface area contributed by atoms with Crippen LogP contribution in [0, 0.1) is 6.92 Å². The molecule has 180 valence electrons. The molecule has 0 spiro atoms. The zero-order chi connectivity index (χ0) is 24.1. The highest BCUT2D eigenvalue weighted by Crippen LogP contribution is 2.25. The molecule has 1 saturated heterocycles. The number of carbonyl (C=O) groups is 1. The summed E-state index contributed by atoms with van der Waals surface area (Å²) in [6.07, 6.45) is 1.34. The van der Waals surface area contributed by atoms with Gasteiger partial charge in [-0.05, 0) is 43.0 Å². The molecule has 1 aliphatic heterocycles. The molecular weight excluding hydrogens is 454 g/mol. The maximum Gasteiger partial charge on any atom is 0.233 e. The lowest BCUT2D eigenvalue weighted by atomic mass is 10.1.